The smallest absolute Gasteiger partial charge is 0.158 e. The first-order valence-corrected chi connectivity index (χ1v) is 5.20. The van der Waals surface area contributed by atoms with Gasteiger partial charge in [-0.3, -0.25) is 0 Å². The summed E-state index contributed by atoms with van der Waals surface area (Å²) in [6.45, 7) is 6.56. The molecule has 3 nitrogen and oxygen atoms in total. The van der Waals surface area contributed by atoms with Crippen LogP contribution in [0.3, 0.4) is 0 Å². The van der Waals surface area contributed by atoms with E-state index in [2.05, 4.69) is 9.97 Å². The van der Waals surface area contributed by atoms with E-state index in [0.29, 0.717) is 17.6 Å². The second kappa shape index (κ2) is 5.27. The predicted octanol–water partition coefficient (Wildman–Crippen LogP) is 2.79. The third kappa shape index (κ3) is 2.93. The van der Waals surface area contributed by atoms with E-state index in [1.165, 1.54) is 0 Å². The number of hydrogen-bond acceptors (Lipinski definition) is 3. The minimum atomic E-state index is -0.0935. The number of aromatic nitrogens is 2. The SMILES string of the molecule is CCOC(C)c1nc(Cl)cc(CC)n1. The molecule has 0 spiro atoms. The van der Waals surface area contributed by atoms with Crippen LogP contribution in [0.4, 0.5) is 0 Å². The van der Waals surface area contributed by atoms with Gasteiger partial charge in [-0.1, -0.05) is 18.5 Å². The molecule has 0 fully saturated rings. The van der Waals surface area contributed by atoms with E-state index >= 15 is 0 Å². The van der Waals surface area contributed by atoms with Gasteiger partial charge in [-0.05, 0) is 26.3 Å². The Morgan fingerprint density at radius 3 is 2.71 bits per heavy atom. The van der Waals surface area contributed by atoms with Crippen LogP contribution in [-0.4, -0.2) is 16.6 Å². The first-order chi connectivity index (χ1) is 6.67. The van der Waals surface area contributed by atoms with Crippen LogP contribution in [0.1, 0.15) is 38.4 Å². The average molecular weight is 215 g/mol. The van der Waals surface area contributed by atoms with Crippen LogP contribution >= 0.6 is 11.6 Å². The fourth-order valence-corrected chi connectivity index (χ4v) is 1.38. The van der Waals surface area contributed by atoms with Crippen molar-refractivity contribution >= 4 is 11.6 Å². The lowest BCUT2D eigenvalue weighted by molar-refractivity contribution is 0.0699. The zero-order chi connectivity index (χ0) is 10.6. The summed E-state index contributed by atoms with van der Waals surface area (Å²) in [5.41, 5.74) is 0.951. The maximum absolute atomic E-state index is 5.87. The fraction of sp³-hybridized carbons (Fsp3) is 0.600. The highest BCUT2D eigenvalue weighted by molar-refractivity contribution is 6.29. The molecule has 1 heterocycles. The molecular weight excluding hydrogens is 200 g/mol. The van der Waals surface area contributed by atoms with Gasteiger partial charge >= 0.3 is 0 Å². The average Bonchev–Trinajstić information content (AvgIpc) is 2.17. The molecule has 1 aromatic rings. The third-order valence-corrected chi connectivity index (χ3v) is 2.10. The quantitative estimate of drug-likeness (QED) is 0.723. The van der Waals surface area contributed by atoms with Crippen molar-refractivity contribution in [3.05, 3.63) is 22.7 Å². The van der Waals surface area contributed by atoms with Gasteiger partial charge in [0.25, 0.3) is 0 Å². The van der Waals surface area contributed by atoms with Gasteiger partial charge in [0, 0.05) is 12.3 Å². The molecule has 0 aliphatic heterocycles. The summed E-state index contributed by atoms with van der Waals surface area (Å²) in [4.78, 5) is 8.48. The Morgan fingerprint density at radius 1 is 1.43 bits per heavy atom. The summed E-state index contributed by atoms with van der Waals surface area (Å²) >= 11 is 5.87. The molecule has 1 rings (SSSR count). The van der Waals surface area contributed by atoms with E-state index in [0.717, 1.165) is 12.1 Å². The van der Waals surface area contributed by atoms with Crippen LogP contribution < -0.4 is 0 Å². The Balaban J connectivity index is 2.90. The lowest BCUT2D eigenvalue weighted by atomic mass is 10.3. The molecule has 0 aliphatic carbocycles. The Kier molecular flexibility index (Phi) is 4.29. The van der Waals surface area contributed by atoms with E-state index in [1.54, 1.807) is 6.07 Å². The van der Waals surface area contributed by atoms with E-state index in [9.17, 15) is 0 Å². The van der Waals surface area contributed by atoms with Gasteiger partial charge in [-0.25, -0.2) is 9.97 Å². The van der Waals surface area contributed by atoms with Gasteiger partial charge in [-0.15, -0.1) is 0 Å². The summed E-state index contributed by atoms with van der Waals surface area (Å²) < 4.78 is 5.40. The Morgan fingerprint density at radius 2 is 2.14 bits per heavy atom. The largest absolute Gasteiger partial charge is 0.371 e. The second-order valence-corrected chi connectivity index (χ2v) is 3.38. The van der Waals surface area contributed by atoms with E-state index in [-0.39, 0.29) is 6.10 Å². The lowest BCUT2D eigenvalue weighted by Crippen LogP contribution is -2.07. The van der Waals surface area contributed by atoms with Crippen molar-refractivity contribution in [1.29, 1.82) is 0 Å². The Bertz CT molecular complexity index is 304. The van der Waals surface area contributed by atoms with Crippen LogP contribution in [0.2, 0.25) is 5.15 Å². The van der Waals surface area contributed by atoms with Gasteiger partial charge in [0.1, 0.15) is 11.3 Å². The summed E-state index contributed by atoms with van der Waals surface area (Å²) in [6, 6.07) is 1.78. The maximum Gasteiger partial charge on any atom is 0.158 e. The lowest BCUT2D eigenvalue weighted by Gasteiger charge is -2.11. The molecule has 0 radical (unpaired) electrons. The molecule has 0 amide bonds. The molecule has 0 N–H and O–H groups in total. The molecule has 4 heteroatoms. The minimum Gasteiger partial charge on any atom is -0.371 e. The van der Waals surface area contributed by atoms with Gasteiger partial charge in [0.15, 0.2) is 5.82 Å². The molecule has 1 unspecified atom stereocenters. The topological polar surface area (TPSA) is 35.0 Å². The van der Waals surface area contributed by atoms with Crippen LogP contribution in [-0.2, 0) is 11.2 Å². The molecule has 1 atom stereocenters. The highest BCUT2D eigenvalue weighted by atomic mass is 35.5. The first kappa shape index (κ1) is 11.4. The van der Waals surface area contributed by atoms with Crippen LogP contribution in [0.5, 0.6) is 0 Å². The monoisotopic (exact) mass is 214 g/mol. The van der Waals surface area contributed by atoms with Crippen molar-refractivity contribution in [3.8, 4) is 0 Å². The highest BCUT2D eigenvalue weighted by Crippen LogP contribution is 2.16. The molecular formula is C10H15ClN2O. The van der Waals surface area contributed by atoms with Crippen molar-refractivity contribution in [2.45, 2.75) is 33.3 Å². The number of halogens is 1. The zero-order valence-electron chi connectivity index (χ0n) is 8.75. The second-order valence-electron chi connectivity index (χ2n) is 2.99. The summed E-state index contributed by atoms with van der Waals surface area (Å²) in [5, 5.41) is 0.485. The van der Waals surface area contributed by atoms with Crippen molar-refractivity contribution in [2.24, 2.45) is 0 Å². The molecule has 1 aromatic heterocycles. The van der Waals surface area contributed by atoms with Gasteiger partial charge in [-0.2, -0.15) is 0 Å². The van der Waals surface area contributed by atoms with Gasteiger partial charge in [0.2, 0.25) is 0 Å². The molecule has 78 valence electrons. The minimum absolute atomic E-state index is 0.0935. The summed E-state index contributed by atoms with van der Waals surface area (Å²) in [6.07, 6.45) is 0.762. The first-order valence-electron chi connectivity index (χ1n) is 4.82. The Hall–Kier alpha value is -0.670. The van der Waals surface area contributed by atoms with Crippen LogP contribution in [0.15, 0.2) is 6.07 Å². The number of ether oxygens (including phenoxy) is 1. The van der Waals surface area contributed by atoms with Crippen molar-refractivity contribution in [1.82, 2.24) is 9.97 Å². The molecule has 0 aromatic carbocycles. The molecule has 0 saturated heterocycles. The van der Waals surface area contributed by atoms with Crippen LogP contribution in [0.25, 0.3) is 0 Å². The predicted molar refractivity (Wildman–Crippen MR) is 56.5 cm³/mol. The van der Waals surface area contributed by atoms with Crippen molar-refractivity contribution in [2.75, 3.05) is 6.61 Å². The number of aryl methyl sites for hydroxylation is 1. The van der Waals surface area contributed by atoms with Crippen LogP contribution in [0, 0.1) is 0 Å². The van der Waals surface area contributed by atoms with Gasteiger partial charge < -0.3 is 4.74 Å². The van der Waals surface area contributed by atoms with E-state index < -0.39 is 0 Å². The molecule has 14 heavy (non-hydrogen) atoms. The third-order valence-electron chi connectivity index (χ3n) is 1.91. The molecule has 0 bridgehead atoms. The standard InChI is InChI=1S/C10H15ClN2O/c1-4-8-6-9(11)13-10(12-8)7(3)14-5-2/h6-7H,4-5H2,1-3H3. The van der Waals surface area contributed by atoms with E-state index in [4.69, 9.17) is 16.3 Å². The molecule has 0 saturated carbocycles. The fourth-order valence-electron chi connectivity index (χ4n) is 1.17. The number of rotatable bonds is 4. The normalized spacial score (nSPS) is 12.9. The highest BCUT2D eigenvalue weighted by Gasteiger charge is 2.10. The number of hydrogen-bond donors (Lipinski definition) is 0. The summed E-state index contributed by atoms with van der Waals surface area (Å²) in [5.74, 6) is 0.663. The zero-order valence-corrected chi connectivity index (χ0v) is 9.51. The Labute approximate surface area is 89.5 Å². The molecule has 0 aliphatic rings. The van der Waals surface area contributed by atoms with Gasteiger partial charge in [0.05, 0.1) is 0 Å². The van der Waals surface area contributed by atoms with Crippen molar-refractivity contribution < 1.29 is 4.74 Å². The maximum atomic E-state index is 5.87. The van der Waals surface area contributed by atoms with Crippen molar-refractivity contribution in [3.63, 3.8) is 0 Å². The van der Waals surface area contributed by atoms with E-state index in [1.807, 2.05) is 20.8 Å². The summed E-state index contributed by atoms with van der Waals surface area (Å²) in [7, 11) is 0. The number of nitrogens with zero attached hydrogens (tertiary/aromatic N) is 2.